The second-order valence-electron chi connectivity index (χ2n) is 2.95. The SMILES string of the molecule is CO[C@]1(CO)OC(CO)C(O)C1O. The average molecular weight is 194 g/mol. The van der Waals surface area contributed by atoms with Gasteiger partial charge in [0.25, 0.3) is 0 Å². The van der Waals surface area contributed by atoms with Gasteiger partial charge < -0.3 is 29.9 Å². The summed E-state index contributed by atoms with van der Waals surface area (Å²) in [7, 11) is 1.24. The summed E-state index contributed by atoms with van der Waals surface area (Å²) in [6.07, 6.45) is -3.54. The highest BCUT2D eigenvalue weighted by Crippen LogP contribution is 2.31. The molecule has 3 unspecified atom stereocenters. The summed E-state index contributed by atoms with van der Waals surface area (Å²) < 4.78 is 9.77. The van der Waals surface area contributed by atoms with Crippen LogP contribution in [0.3, 0.4) is 0 Å². The molecule has 0 aliphatic carbocycles. The Bertz CT molecular complexity index is 168. The van der Waals surface area contributed by atoms with Crippen LogP contribution in [0.4, 0.5) is 0 Å². The number of hydrogen-bond acceptors (Lipinski definition) is 6. The third kappa shape index (κ3) is 1.56. The van der Waals surface area contributed by atoms with Crippen LogP contribution < -0.4 is 0 Å². The first-order chi connectivity index (χ1) is 6.11. The third-order valence-electron chi connectivity index (χ3n) is 2.25. The maximum Gasteiger partial charge on any atom is 0.221 e. The van der Waals surface area contributed by atoms with E-state index in [1.54, 1.807) is 0 Å². The fraction of sp³-hybridized carbons (Fsp3) is 1.00. The molecule has 1 fully saturated rings. The normalized spacial score (nSPS) is 45.5. The van der Waals surface area contributed by atoms with E-state index < -0.39 is 37.3 Å². The lowest BCUT2D eigenvalue weighted by Gasteiger charge is -2.27. The Balaban J connectivity index is 2.79. The highest BCUT2D eigenvalue weighted by atomic mass is 16.7. The number of hydrogen-bond donors (Lipinski definition) is 4. The smallest absolute Gasteiger partial charge is 0.221 e. The van der Waals surface area contributed by atoms with Crippen molar-refractivity contribution in [3.63, 3.8) is 0 Å². The molecule has 1 saturated heterocycles. The van der Waals surface area contributed by atoms with Gasteiger partial charge in [-0.05, 0) is 0 Å². The predicted octanol–water partition coefficient (Wildman–Crippen LogP) is -2.57. The first-order valence-electron chi connectivity index (χ1n) is 3.92. The molecule has 1 heterocycles. The minimum atomic E-state index is -1.62. The summed E-state index contributed by atoms with van der Waals surface area (Å²) in [5, 5.41) is 36.4. The lowest BCUT2D eigenvalue weighted by molar-refractivity contribution is -0.263. The van der Waals surface area contributed by atoms with E-state index in [9.17, 15) is 10.2 Å². The van der Waals surface area contributed by atoms with E-state index in [0.717, 1.165) is 0 Å². The van der Waals surface area contributed by atoms with Crippen molar-refractivity contribution in [3.8, 4) is 0 Å². The van der Waals surface area contributed by atoms with Crippen molar-refractivity contribution in [2.24, 2.45) is 0 Å². The Hall–Kier alpha value is -0.240. The van der Waals surface area contributed by atoms with E-state index in [4.69, 9.17) is 19.7 Å². The van der Waals surface area contributed by atoms with Crippen LogP contribution in [0.15, 0.2) is 0 Å². The van der Waals surface area contributed by atoms with Crippen LogP contribution in [0, 0.1) is 0 Å². The molecule has 1 aliphatic rings. The van der Waals surface area contributed by atoms with Gasteiger partial charge in [0.05, 0.1) is 6.61 Å². The number of aliphatic hydroxyl groups is 4. The third-order valence-corrected chi connectivity index (χ3v) is 2.25. The van der Waals surface area contributed by atoms with Gasteiger partial charge in [0, 0.05) is 7.11 Å². The van der Waals surface area contributed by atoms with Crippen LogP contribution in [-0.2, 0) is 9.47 Å². The first kappa shape index (κ1) is 10.8. The standard InChI is InChI=1S/C7H14O6/c1-12-7(3-9)6(11)5(10)4(2-8)13-7/h4-6,8-11H,2-3H2,1H3/t4?,5?,6?,7-/m1/s1. The second-order valence-corrected chi connectivity index (χ2v) is 2.95. The van der Waals surface area contributed by atoms with E-state index in [2.05, 4.69) is 0 Å². The first-order valence-corrected chi connectivity index (χ1v) is 3.92. The molecular formula is C7H14O6. The van der Waals surface area contributed by atoms with Gasteiger partial charge in [0.2, 0.25) is 5.79 Å². The van der Waals surface area contributed by atoms with Crippen molar-refractivity contribution in [1.82, 2.24) is 0 Å². The molecule has 0 aromatic rings. The fourth-order valence-electron chi connectivity index (χ4n) is 1.37. The zero-order valence-corrected chi connectivity index (χ0v) is 7.25. The van der Waals surface area contributed by atoms with E-state index in [1.165, 1.54) is 7.11 Å². The van der Waals surface area contributed by atoms with Crippen LogP contribution in [0.2, 0.25) is 0 Å². The highest BCUT2D eigenvalue weighted by molar-refractivity contribution is 4.95. The molecule has 6 heteroatoms. The van der Waals surface area contributed by atoms with E-state index in [0.29, 0.717) is 0 Å². The molecule has 1 aliphatic heterocycles. The molecule has 0 saturated carbocycles. The number of aliphatic hydroxyl groups excluding tert-OH is 4. The van der Waals surface area contributed by atoms with Gasteiger partial charge in [-0.2, -0.15) is 0 Å². The van der Waals surface area contributed by atoms with Crippen molar-refractivity contribution < 1.29 is 29.9 Å². The molecular weight excluding hydrogens is 180 g/mol. The molecule has 4 atom stereocenters. The number of rotatable bonds is 3. The Morgan fingerprint density at radius 3 is 2.23 bits per heavy atom. The quantitative estimate of drug-likeness (QED) is 0.394. The molecule has 0 radical (unpaired) electrons. The lowest BCUT2D eigenvalue weighted by atomic mass is 10.1. The minimum Gasteiger partial charge on any atom is -0.394 e. The summed E-state index contributed by atoms with van der Waals surface area (Å²) in [5.74, 6) is -1.62. The van der Waals surface area contributed by atoms with Crippen LogP contribution in [-0.4, -0.2) is 64.8 Å². The van der Waals surface area contributed by atoms with Crippen molar-refractivity contribution in [2.45, 2.75) is 24.1 Å². The number of ether oxygens (including phenoxy) is 2. The Morgan fingerprint density at radius 2 is 2.00 bits per heavy atom. The lowest BCUT2D eigenvalue weighted by Crippen LogP contribution is -2.47. The Kier molecular flexibility index (Phi) is 3.23. The van der Waals surface area contributed by atoms with Crippen molar-refractivity contribution in [3.05, 3.63) is 0 Å². The molecule has 0 bridgehead atoms. The number of methoxy groups -OCH3 is 1. The molecule has 4 N–H and O–H groups in total. The fourth-order valence-corrected chi connectivity index (χ4v) is 1.37. The topological polar surface area (TPSA) is 99.4 Å². The van der Waals surface area contributed by atoms with E-state index >= 15 is 0 Å². The molecule has 0 aromatic heterocycles. The molecule has 13 heavy (non-hydrogen) atoms. The van der Waals surface area contributed by atoms with Crippen LogP contribution >= 0.6 is 0 Å². The van der Waals surface area contributed by atoms with Crippen LogP contribution in [0.1, 0.15) is 0 Å². The maximum absolute atomic E-state index is 9.44. The largest absolute Gasteiger partial charge is 0.394 e. The van der Waals surface area contributed by atoms with Gasteiger partial charge >= 0.3 is 0 Å². The molecule has 1 rings (SSSR count). The predicted molar refractivity (Wildman–Crippen MR) is 40.8 cm³/mol. The molecule has 0 aromatic carbocycles. The Morgan fingerprint density at radius 1 is 1.38 bits per heavy atom. The summed E-state index contributed by atoms with van der Waals surface area (Å²) in [4.78, 5) is 0. The van der Waals surface area contributed by atoms with Crippen molar-refractivity contribution in [2.75, 3.05) is 20.3 Å². The van der Waals surface area contributed by atoms with Gasteiger partial charge in [-0.15, -0.1) is 0 Å². The van der Waals surface area contributed by atoms with Crippen LogP contribution in [0.25, 0.3) is 0 Å². The summed E-state index contributed by atoms with van der Waals surface area (Å²) in [5.41, 5.74) is 0. The van der Waals surface area contributed by atoms with Crippen LogP contribution in [0.5, 0.6) is 0 Å². The van der Waals surface area contributed by atoms with E-state index in [1.807, 2.05) is 0 Å². The average Bonchev–Trinajstić information content (AvgIpc) is 2.42. The zero-order chi connectivity index (χ0) is 10.1. The molecule has 0 spiro atoms. The van der Waals surface area contributed by atoms with E-state index in [-0.39, 0.29) is 0 Å². The second kappa shape index (κ2) is 3.87. The highest BCUT2D eigenvalue weighted by Gasteiger charge is 2.54. The monoisotopic (exact) mass is 194 g/mol. The summed E-state index contributed by atoms with van der Waals surface area (Å²) >= 11 is 0. The van der Waals surface area contributed by atoms with Gasteiger partial charge in [-0.1, -0.05) is 0 Å². The zero-order valence-electron chi connectivity index (χ0n) is 7.25. The molecule has 6 nitrogen and oxygen atoms in total. The molecule has 78 valence electrons. The Labute approximate surface area is 75.3 Å². The summed E-state index contributed by atoms with van der Waals surface area (Å²) in [6.45, 7) is -1.03. The van der Waals surface area contributed by atoms with Gasteiger partial charge in [-0.3, -0.25) is 0 Å². The molecule has 0 amide bonds. The van der Waals surface area contributed by atoms with Gasteiger partial charge in [0.1, 0.15) is 24.9 Å². The van der Waals surface area contributed by atoms with Crippen molar-refractivity contribution in [1.29, 1.82) is 0 Å². The summed E-state index contributed by atoms with van der Waals surface area (Å²) in [6, 6.07) is 0. The van der Waals surface area contributed by atoms with Gasteiger partial charge in [0.15, 0.2) is 0 Å². The van der Waals surface area contributed by atoms with Crippen molar-refractivity contribution >= 4 is 0 Å². The minimum absolute atomic E-state index is 0.441. The maximum atomic E-state index is 9.44. The van der Waals surface area contributed by atoms with Gasteiger partial charge in [-0.25, -0.2) is 0 Å².